The van der Waals surface area contributed by atoms with Crippen LogP contribution in [0.5, 0.6) is 5.75 Å². The Bertz CT molecular complexity index is 1390. The third kappa shape index (κ3) is 3.40. The Kier molecular flexibility index (Phi) is 5.88. The summed E-state index contributed by atoms with van der Waals surface area (Å²) in [6.45, 7) is 1.64. The number of halogens is 2. The van der Waals surface area contributed by atoms with Gasteiger partial charge in [0, 0.05) is 47.5 Å². The van der Waals surface area contributed by atoms with Crippen LogP contribution < -0.4 is 0 Å². The number of fused-ring (bicyclic) bond motifs is 3. The highest BCUT2D eigenvalue weighted by atomic mass is 35.5. The quantitative estimate of drug-likeness (QED) is 0.398. The van der Waals surface area contributed by atoms with Crippen LogP contribution in [0.1, 0.15) is 34.4 Å². The molecule has 7 rings (SSSR count). The molecule has 1 fully saturated rings. The summed E-state index contributed by atoms with van der Waals surface area (Å²) in [6.07, 6.45) is 6.36. The summed E-state index contributed by atoms with van der Waals surface area (Å²) >= 11 is 0. The van der Waals surface area contributed by atoms with E-state index in [9.17, 15) is 10.2 Å². The fourth-order valence-electron chi connectivity index (χ4n) is 6.90. The number of aliphatic hydroxyl groups is 1. The number of para-hydroxylation sites is 1. The second kappa shape index (κ2) is 8.52. The third-order valence-corrected chi connectivity index (χ3v) is 8.46. The monoisotopic (exact) mass is 510 g/mol. The lowest BCUT2D eigenvalue weighted by atomic mass is 9.49. The summed E-state index contributed by atoms with van der Waals surface area (Å²) in [6, 6.07) is 18.1. The molecule has 7 heteroatoms. The minimum Gasteiger partial charge on any atom is -0.508 e. The van der Waals surface area contributed by atoms with E-state index in [-0.39, 0.29) is 36.6 Å². The smallest absolute Gasteiger partial charge is 0.115 e. The van der Waals surface area contributed by atoms with Gasteiger partial charge in [-0.2, -0.15) is 0 Å². The molecule has 3 atom stereocenters. The van der Waals surface area contributed by atoms with Crippen molar-refractivity contribution in [2.24, 2.45) is 0 Å². The van der Waals surface area contributed by atoms with Crippen molar-refractivity contribution in [1.82, 2.24) is 9.88 Å². The van der Waals surface area contributed by atoms with E-state index in [4.69, 9.17) is 9.40 Å². The Morgan fingerprint density at radius 2 is 1.89 bits per heavy atom. The maximum absolute atomic E-state index is 12.6. The molecule has 2 N–H and O–H groups in total. The van der Waals surface area contributed by atoms with Gasteiger partial charge < -0.3 is 14.6 Å². The number of hydrogen-bond donors (Lipinski definition) is 2. The first kappa shape index (κ1) is 24.1. The summed E-state index contributed by atoms with van der Waals surface area (Å²) in [5, 5.41) is 24.2. The lowest BCUT2D eigenvalue weighted by Gasteiger charge is -2.63. The summed E-state index contributed by atoms with van der Waals surface area (Å²) in [7, 11) is 0. The number of nitrogens with zero attached hydrogens (tertiary/aromatic N) is 2. The van der Waals surface area contributed by atoms with Crippen molar-refractivity contribution in [2.45, 2.75) is 49.3 Å². The molecule has 2 bridgehead atoms. The average Bonchev–Trinajstić information content (AvgIpc) is 3.32. The first-order valence-electron chi connectivity index (χ1n) is 11.7. The molecule has 0 radical (unpaired) electrons. The van der Waals surface area contributed by atoms with Gasteiger partial charge in [-0.25, -0.2) is 0 Å². The van der Waals surface area contributed by atoms with Crippen LogP contribution in [0.2, 0.25) is 0 Å². The van der Waals surface area contributed by atoms with Crippen LogP contribution in [-0.2, 0) is 31.2 Å². The van der Waals surface area contributed by atoms with Crippen molar-refractivity contribution in [1.29, 1.82) is 0 Å². The number of phenols is 1. The van der Waals surface area contributed by atoms with Crippen molar-refractivity contribution in [2.75, 3.05) is 6.54 Å². The number of furan rings is 1. The molecule has 0 saturated carbocycles. The van der Waals surface area contributed by atoms with E-state index in [2.05, 4.69) is 23.1 Å². The molecule has 182 valence electrons. The predicted octanol–water partition coefficient (Wildman–Crippen LogP) is 4.98. The fraction of sp³-hybridized carbons (Fsp3) is 0.321. The van der Waals surface area contributed by atoms with Gasteiger partial charge in [0.2, 0.25) is 0 Å². The molecule has 1 saturated heterocycles. The summed E-state index contributed by atoms with van der Waals surface area (Å²) in [4.78, 5) is 7.48. The van der Waals surface area contributed by atoms with Crippen molar-refractivity contribution in [3.8, 4) is 5.75 Å². The normalized spacial score (nSPS) is 26.6. The molecule has 0 amide bonds. The van der Waals surface area contributed by atoms with Crippen molar-refractivity contribution < 1.29 is 14.6 Å². The van der Waals surface area contributed by atoms with Crippen LogP contribution >= 0.6 is 24.8 Å². The zero-order valence-corrected chi connectivity index (χ0v) is 20.8. The fourth-order valence-corrected chi connectivity index (χ4v) is 6.90. The van der Waals surface area contributed by atoms with Gasteiger partial charge in [0.1, 0.15) is 5.75 Å². The summed E-state index contributed by atoms with van der Waals surface area (Å²) in [5.41, 5.74) is 5.28. The Balaban J connectivity index is 0.00000127. The lowest BCUT2D eigenvalue weighted by Crippen LogP contribution is -2.74. The second-order valence-corrected chi connectivity index (χ2v) is 10.1. The van der Waals surface area contributed by atoms with Crippen molar-refractivity contribution in [3.63, 3.8) is 0 Å². The Hall–Kier alpha value is -2.57. The van der Waals surface area contributed by atoms with E-state index in [0.717, 1.165) is 59.2 Å². The van der Waals surface area contributed by atoms with Crippen LogP contribution in [0.3, 0.4) is 0 Å². The van der Waals surface area contributed by atoms with E-state index in [0.29, 0.717) is 12.8 Å². The van der Waals surface area contributed by atoms with Gasteiger partial charge >= 0.3 is 0 Å². The molecule has 35 heavy (non-hydrogen) atoms. The van der Waals surface area contributed by atoms with Crippen molar-refractivity contribution in [3.05, 3.63) is 95.1 Å². The number of aromatic nitrogens is 1. The van der Waals surface area contributed by atoms with Crippen LogP contribution in [-0.4, -0.2) is 38.3 Å². The summed E-state index contributed by atoms with van der Waals surface area (Å²) < 4.78 is 5.32. The highest BCUT2D eigenvalue weighted by Crippen LogP contribution is 2.57. The SMILES string of the molecule is Cl.Cl.Oc1ccc2c(c1)[C@]13CCN(Cc4ccoc4)[C@H](C2)[C@]1(O)Cc1cc2ccccc2nc1C3. The molecular weight excluding hydrogens is 483 g/mol. The maximum atomic E-state index is 12.6. The van der Waals surface area contributed by atoms with Crippen LogP contribution in [0, 0.1) is 0 Å². The van der Waals surface area contributed by atoms with Gasteiger partial charge in [-0.05, 0) is 66.4 Å². The molecular formula is C28H28Cl2N2O3. The van der Waals surface area contributed by atoms with E-state index < -0.39 is 11.0 Å². The van der Waals surface area contributed by atoms with Gasteiger partial charge in [-0.15, -0.1) is 24.8 Å². The number of hydrogen-bond acceptors (Lipinski definition) is 5. The van der Waals surface area contributed by atoms with Gasteiger partial charge in [0.15, 0.2) is 0 Å². The predicted molar refractivity (Wildman–Crippen MR) is 140 cm³/mol. The number of phenolic OH excluding ortho intramolecular Hbond substituents is 1. The molecule has 0 unspecified atom stereocenters. The molecule has 3 heterocycles. The van der Waals surface area contributed by atoms with Crippen LogP contribution in [0.15, 0.2) is 71.5 Å². The minimum atomic E-state index is -0.938. The Morgan fingerprint density at radius 1 is 1.03 bits per heavy atom. The van der Waals surface area contributed by atoms with E-state index >= 15 is 0 Å². The number of piperidine rings is 1. The van der Waals surface area contributed by atoms with E-state index in [1.807, 2.05) is 30.3 Å². The van der Waals surface area contributed by atoms with Crippen LogP contribution in [0.25, 0.3) is 10.9 Å². The maximum Gasteiger partial charge on any atom is 0.115 e. The highest BCUT2D eigenvalue weighted by molar-refractivity contribution is 5.85. The number of benzene rings is 2. The molecule has 5 nitrogen and oxygen atoms in total. The molecule has 2 aromatic heterocycles. The van der Waals surface area contributed by atoms with Gasteiger partial charge in [-0.1, -0.05) is 24.3 Å². The lowest BCUT2D eigenvalue weighted by molar-refractivity contribution is -0.153. The Labute approximate surface area is 216 Å². The number of pyridine rings is 1. The van der Waals surface area contributed by atoms with E-state index in [1.165, 1.54) is 5.56 Å². The number of aromatic hydroxyl groups is 1. The highest BCUT2D eigenvalue weighted by Gasteiger charge is 2.64. The minimum absolute atomic E-state index is 0. The van der Waals surface area contributed by atoms with Gasteiger partial charge in [0.25, 0.3) is 0 Å². The average molecular weight is 511 g/mol. The van der Waals surface area contributed by atoms with Crippen LogP contribution in [0.4, 0.5) is 0 Å². The number of likely N-dealkylation sites (tertiary alicyclic amines) is 1. The van der Waals surface area contributed by atoms with Gasteiger partial charge in [0.05, 0.1) is 23.6 Å². The second-order valence-electron chi connectivity index (χ2n) is 10.1. The Morgan fingerprint density at radius 3 is 2.71 bits per heavy atom. The number of rotatable bonds is 2. The molecule has 1 aliphatic heterocycles. The van der Waals surface area contributed by atoms with Crippen molar-refractivity contribution >= 4 is 35.7 Å². The molecule has 2 aliphatic carbocycles. The molecule has 4 aromatic rings. The zero-order valence-electron chi connectivity index (χ0n) is 19.2. The largest absolute Gasteiger partial charge is 0.508 e. The first-order valence-corrected chi connectivity index (χ1v) is 11.7. The van der Waals surface area contributed by atoms with E-state index in [1.54, 1.807) is 18.6 Å². The topological polar surface area (TPSA) is 69.7 Å². The molecule has 0 spiro atoms. The third-order valence-electron chi connectivity index (χ3n) is 8.46. The summed E-state index contributed by atoms with van der Waals surface area (Å²) in [5.74, 6) is 0.266. The standard InChI is InChI=1S/C28H26N2O3.2ClH/c31-22-6-5-19-12-26-28(32)14-21-11-20-3-1-2-4-24(20)29-25(21)15-27(28,23(19)13-22)8-9-30(26)16-18-7-10-33-17-18;;/h1-7,10-11,13,17,26,31-32H,8-9,12,14-16H2;2*1H/t26-,27-,28-;;/m1../s1. The van der Waals surface area contributed by atoms with Gasteiger partial charge in [-0.3, -0.25) is 9.88 Å². The molecule has 3 aliphatic rings. The zero-order chi connectivity index (χ0) is 22.2. The molecule has 2 aromatic carbocycles. The first-order chi connectivity index (χ1) is 16.1.